The van der Waals surface area contributed by atoms with Crippen molar-refractivity contribution in [3.05, 3.63) is 29.3 Å². The average Bonchev–Trinajstić information content (AvgIpc) is 2.75. The van der Waals surface area contributed by atoms with Crippen LogP contribution in [-0.2, 0) is 0 Å². The third-order valence-electron chi connectivity index (χ3n) is 4.73. The SMILES string of the molecule is Cc1cc(F)c(N2CCCNC3(CCCC3)C2)cc1F. The minimum atomic E-state index is -0.320. The minimum absolute atomic E-state index is 0.101. The molecule has 20 heavy (non-hydrogen) atoms. The molecule has 1 aliphatic carbocycles. The Morgan fingerprint density at radius 2 is 1.85 bits per heavy atom. The normalized spacial score (nSPS) is 22.2. The molecule has 2 fully saturated rings. The van der Waals surface area contributed by atoms with E-state index in [0.29, 0.717) is 11.3 Å². The van der Waals surface area contributed by atoms with E-state index in [4.69, 9.17) is 0 Å². The van der Waals surface area contributed by atoms with Crippen LogP contribution in [0.25, 0.3) is 0 Å². The third kappa shape index (κ3) is 2.53. The van der Waals surface area contributed by atoms with Crippen molar-refractivity contribution in [1.29, 1.82) is 0 Å². The second kappa shape index (κ2) is 5.32. The van der Waals surface area contributed by atoms with Gasteiger partial charge in [0.05, 0.1) is 5.69 Å². The summed E-state index contributed by atoms with van der Waals surface area (Å²) in [5.74, 6) is -0.627. The molecule has 1 aromatic rings. The second-order valence-electron chi connectivity index (χ2n) is 6.24. The van der Waals surface area contributed by atoms with Crippen molar-refractivity contribution in [3.8, 4) is 0 Å². The van der Waals surface area contributed by atoms with Gasteiger partial charge in [0.1, 0.15) is 11.6 Å². The van der Waals surface area contributed by atoms with Gasteiger partial charge in [-0.2, -0.15) is 0 Å². The van der Waals surface area contributed by atoms with E-state index in [2.05, 4.69) is 5.32 Å². The van der Waals surface area contributed by atoms with Crippen molar-refractivity contribution in [2.24, 2.45) is 0 Å². The molecule has 0 unspecified atom stereocenters. The molecule has 2 nitrogen and oxygen atoms in total. The first kappa shape index (κ1) is 13.8. The molecular formula is C16H22F2N2. The Bertz CT molecular complexity index is 495. The second-order valence-corrected chi connectivity index (χ2v) is 6.24. The Labute approximate surface area is 119 Å². The maximum atomic E-state index is 14.2. The van der Waals surface area contributed by atoms with Crippen LogP contribution >= 0.6 is 0 Å². The summed E-state index contributed by atoms with van der Waals surface area (Å²) in [6.45, 7) is 4.14. The van der Waals surface area contributed by atoms with Crippen LogP contribution in [0.4, 0.5) is 14.5 Å². The number of rotatable bonds is 1. The molecule has 1 aliphatic heterocycles. The van der Waals surface area contributed by atoms with E-state index in [1.54, 1.807) is 6.92 Å². The minimum Gasteiger partial charge on any atom is -0.367 e. The smallest absolute Gasteiger partial charge is 0.146 e. The van der Waals surface area contributed by atoms with Gasteiger partial charge in [0.2, 0.25) is 0 Å². The molecule has 1 aromatic carbocycles. The van der Waals surface area contributed by atoms with Crippen LogP contribution < -0.4 is 10.2 Å². The van der Waals surface area contributed by atoms with E-state index in [1.165, 1.54) is 25.0 Å². The molecule has 1 spiro atoms. The number of nitrogens with one attached hydrogen (secondary N) is 1. The summed E-state index contributed by atoms with van der Waals surface area (Å²) in [6.07, 6.45) is 5.70. The van der Waals surface area contributed by atoms with Gasteiger partial charge in [0, 0.05) is 24.7 Å². The van der Waals surface area contributed by atoms with Gasteiger partial charge in [-0.3, -0.25) is 0 Å². The molecule has 0 radical (unpaired) electrons. The van der Waals surface area contributed by atoms with Crippen LogP contribution in [0.2, 0.25) is 0 Å². The molecule has 0 bridgehead atoms. The summed E-state index contributed by atoms with van der Waals surface area (Å²) in [5.41, 5.74) is 0.891. The summed E-state index contributed by atoms with van der Waals surface area (Å²) in [7, 11) is 0. The van der Waals surface area contributed by atoms with Crippen molar-refractivity contribution < 1.29 is 8.78 Å². The number of benzene rings is 1. The molecule has 0 amide bonds. The van der Waals surface area contributed by atoms with E-state index >= 15 is 0 Å². The first-order chi connectivity index (χ1) is 9.60. The highest BCUT2D eigenvalue weighted by molar-refractivity contribution is 5.50. The lowest BCUT2D eigenvalue weighted by molar-refractivity contribution is 0.354. The third-order valence-corrected chi connectivity index (χ3v) is 4.73. The fourth-order valence-electron chi connectivity index (χ4n) is 3.59. The predicted molar refractivity (Wildman–Crippen MR) is 77.1 cm³/mol. The van der Waals surface area contributed by atoms with Crippen LogP contribution in [0.3, 0.4) is 0 Å². The van der Waals surface area contributed by atoms with Gasteiger partial charge in [-0.1, -0.05) is 12.8 Å². The Morgan fingerprint density at radius 1 is 1.10 bits per heavy atom. The predicted octanol–water partition coefficient (Wildman–Crippen LogP) is 3.39. The van der Waals surface area contributed by atoms with Crippen LogP contribution in [0.1, 0.15) is 37.7 Å². The zero-order valence-corrected chi connectivity index (χ0v) is 12.0. The molecular weight excluding hydrogens is 258 g/mol. The lowest BCUT2D eigenvalue weighted by Crippen LogP contribution is -2.49. The molecule has 0 aromatic heterocycles. The van der Waals surface area contributed by atoms with Crippen molar-refractivity contribution in [1.82, 2.24) is 5.32 Å². The number of hydrogen-bond donors (Lipinski definition) is 1. The van der Waals surface area contributed by atoms with Gasteiger partial charge in [-0.15, -0.1) is 0 Å². The molecule has 1 heterocycles. The molecule has 1 saturated carbocycles. The van der Waals surface area contributed by atoms with E-state index in [9.17, 15) is 8.78 Å². The highest BCUT2D eigenvalue weighted by Crippen LogP contribution is 2.34. The molecule has 3 rings (SSSR count). The van der Waals surface area contributed by atoms with E-state index in [1.807, 2.05) is 4.90 Å². The van der Waals surface area contributed by atoms with E-state index in [0.717, 1.165) is 38.9 Å². The maximum absolute atomic E-state index is 14.2. The van der Waals surface area contributed by atoms with Crippen LogP contribution in [0.5, 0.6) is 0 Å². The summed E-state index contributed by atoms with van der Waals surface area (Å²) in [6, 6.07) is 2.67. The fourth-order valence-corrected chi connectivity index (χ4v) is 3.59. The monoisotopic (exact) mass is 280 g/mol. The van der Waals surface area contributed by atoms with Crippen molar-refractivity contribution in [2.75, 3.05) is 24.5 Å². The van der Waals surface area contributed by atoms with Gasteiger partial charge in [-0.05, 0) is 44.4 Å². The zero-order chi connectivity index (χ0) is 14.2. The Balaban J connectivity index is 1.90. The van der Waals surface area contributed by atoms with Gasteiger partial charge >= 0.3 is 0 Å². The quantitative estimate of drug-likeness (QED) is 0.848. The summed E-state index contributed by atoms with van der Waals surface area (Å²) in [4.78, 5) is 2.03. The molecule has 2 aliphatic rings. The number of anilines is 1. The molecule has 0 atom stereocenters. The number of hydrogen-bond acceptors (Lipinski definition) is 2. The fraction of sp³-hybridized carbons (Fsp3) is 0.625. The average molecular weight is 280 g/mol. The van der Waals surface area contributed by atoms with Gasteiger partial charge in [0.25, 0.3) is 0 Å². The first-order valence-corrected chi connectivity index (χ1v) is 7.55. The summed E-state index contributed by atoms with van der Waals surface area (Å²) in [5, 5.41) is 3.64. The Kier molecular flexibility index (Phi) is 3.67. The van der Waals surface area contributed by atoms with Crippen molar-refractivity contribution in [2.45, 2.75) is 44.6 Å². The number of nitrogens with zero attached hydrogens (tertiary/aromatic N) is 1. The highest BCUT2D eigenvalue weighted by atomic mass is 19.1. The standard InChI is InChI=1S/C16H22F2N2/c1-12-9-14(18)15(10-13(12)17)20-8-4-7-19-16(11-20)5-2-3-6-16/h9-10,19H,2-8,11H2,1H3. The van der Waals surface area contributed by atoms with Crippen molar-refractivity contribution >= 4 is 5.69 Å². The van der Waals surface area contributed by atoms with E-state index in [-0.39, 0.29) is 17.2 Å². The lowest BCUT2D eigenvalue weighted by atomic mass is 9.97. The Morgan fingerprint density at radius 3 is 2.60 bits per heavy atom. The first-order valence-electron chi connectivity index (χ1n) is 7.55. The molecule has 1 N–H and O–H groups in total. The van der Waals surface area contributed by atoms with Crippen LogP contribution in [0.15, 0.2) is 12.1 Å². The largest absolute Gasteiger partial charge is 0.367 e. The zero-order valence-electron chi connectivity index (χ0n) is 12.0. The Hall–Kier alpha value is -1.16. The van der Waals surface area contributed by atoms with Crippen LogP contribution in [0, 0.1) is 18.6 Å². The molecule has 1 saturated heterocycles. The number of halogens is 2. The highest BCUT2D eigenvalue weighted by Gasteiger charge is 2.37. The lowest BCUT2D eigenvalue weighted by Gasteiger charge is -2.34. The van der Waals surface area contributed by atoms with E-state index < -0.39 is 0 Å². The maximum Gasteiger partial charge on any atom is 0.146 e. The molecule has 4 heteroatoms. The topological polar surface area (TPSA) is 15.3 Å². The van der Waals surface area contributed by atoms with Gasteiger partial charge in [-0.25, -0.2) is 8.78 Å². The van der Waals surface area contributed by atoms with Gasteiger partial charge in [0.15, 0.2) is 0 Å². The van der Waals surface area contributed by atoms with Crippen molar-refractivity contribution in [3.63, 3.8) is 0 Å². The summed E-state index contributed by atoms with van der Waals surface area (Å²) < 4.78 is 28.0. The summed E-state index contributed by atoms with van der Waals surface area (Å²) >= 11 is 0. The number of aryl methyl sites for hydroxylation is 1. The molecule has 110 valence electrons. The van der Waals surface area contributed by atoms with Crippen LogP contribution in [-0.4, -0.2) is 25.2 Å². The van der Waals surface area contributed by atoms with Gasteiger partial charge < -0.3 is 10.2 Å².